The zero-order valence-corrected chi connectivity index (χ0v) is 11.6. The van der Waals surface area contributed by atoms with Crippen molar-refractivity contribution in [2.45, 2.75) is 39.0 Å². The minimum Gasteiger partial charge on any atom is -0.395 e. The van der Waals surface area contributed by atoms with E-state index in [1.165, 1.54) is 10.9 Å². The first-order valence-electron chi connectivity index (χ1n) is 6.44. The lowest BCUT2D eigenvalue weighted by molar-refractivity contribution is 0.218. The molecule has 1 aromatic carbocycles. The predicted molar refractivity (Wildman–Crippen MR) is 75.9 cm³/mol. The standard InChI is InChI=1S/C16H21NO/c1-11(2)15-9-17-8-12-7-13(5-6-14(12)15)16(3,4)10-18/h5-9,11,18H,10H2,1-4H3. The Labute approximate surface area is 109 Å². The average molecular weight is 243 g/mol. The van der Waals surface area contributed by atoms with Crippen molar-refractivity contribution in [1.29, 1.82) is 0 Å². The van der Waals surface area contributed by atoms with Crippen LogP contribution in [0.2, 0.25) is 0 Å². The molecule has 0 fully saturated rings. The van der Waals surface area contributed by atoms with Gasteiger partial charge in [0, 0.05) is 23.2 Å². The second-order valence-corrected chi connectivity index (χ2v) is 5.86. The number of fused-ring (bicyclic) bond motifs is 1. The number of pyridine rings is 1. The lowest BCUT2D eigenvalue weighted by Gasteiger charge is -2.23. The van der Waals surface area contributed by atoms with Crippen molar-refractivity contribution in [3.8, 4) is 0 Å². The lowest BCUT2D eigenvalue weighted by atomic mass is 9.84. The second-order valence-electron chi connectivity index (χ2n) is 5.86. The largest absolute Gasteiger partial charge is 0.395 e. The Morgan fingerprint density at radius 3 is 2.56 bits per heavy atom. The maximum Gasteiger partial charge on any atom is 0.0522 e. The Hall–Kier alpha value is -1.41. The van der Waals surface area contributed by atoms with Crippen LogP contribution < -0.4 is 0 Å². The number of aliphatic hydroxyl groups is 1. The molecule has 0 atom stereocenters. The van der Waals surface area contributed by atoms with Gasteiger partial charge < -0.3 is 5.11 Å². The molecule has 2 aromatic rings. The van der Waals surface area contributed by atoms with Gasteiger partial charge in [0.2, 0.25) is 0 Å². The van der Waals surface area contributed by atoms with Gasteiger partial charge in [-0.05, 0) is 28.5 Å². The number of rotatable bonds is 3. The molecular formula is C16H21NO. The summed E-state index contributed by atoms with van der Waals surface area (Å²) in [6.07, 6.45) is 3.85. The van der Waals surface area contributed by atoms with Crippen molar-refractivity contribution in [3.05, 3.63) is 41.7 Å². The third-order valence-corrected chi connectivity index (χ3v) is 3.59. The summed E-state index contributed by atoms with van der Waals surface area (Å²) in [6.45, 7) is 8.61. The van der Waals surface area contributed by atoms with Gasteiger partial charge in [-0.2, -0.15) is 0 Å². The fraction of sp³-hybridized carbons (Fsp3) is 0.438. The van der Waals surface area contributed by atoms with Gasteiger partial charge >= 0.3 is 0 Å². The van der Waals surface area contributed by atoms with Gasteiger partial charge in [-0.3, -0.25) is 4.98 Å². The van der Waals surface area contributed by atoms with Crippen LogP contribution in [-0.2, 0) is 5.41 Å². The van der Waals surface area contributed by atoms with E-state index < -0.39 is 0 Å². The van der Waals surface area contributed by atoms with E-state index in [4.69, 9.17) is 0 Å². The van der Waals surface area contributed by atoms with Crippen molar-refractivity contribution in [3.63, 3.8) is 0 Å². The molecule has 0 amide bonds. The molecule has 18 heavy (non-hydrogen) atoms. The van der Waals surface area contributed by atoms with Crippen molar-refractivity contribution in [2.24, 2.45) is 0 Å². The Bertz CT molecular complexity index is 558. The van der Waals surface area contributed by atoms with E-state index in [0.29, 0.717) is 5.92 Å². The number of benzene rings is 1. The highest BCUT2D eigenvalue weighted by atomic mass is 16.3. The van der Waals surface area contributed by atoms with Gasteiger partial charge in [-0.15, -0.1) is 0 Å². The molecule has 2 nitrogen and oxygen atoms in total. The third-order valence-electron chi connectivity index (χ3n) is 3.59. The van der Waals surface area contributed by atoms with Gasteiger partial charge in [0.1, 0.15) is 0 Å². The lowest BCUT2D eigenvalue weighted by Crippen LogP contribution is -2.21. The van der Waals surface area contributed by atoms with Crippen molar-refractivity contribution in [2.75, 3.05) is 6.61 Å². The van der Waals surface area contributed by atoms with Gasteiger partial charge in [-0.25, -0.2) is 0 Å². The molecule has 0 bridgehead atoms. The molecule has 2 rings (SSSR count). The minimum absolute atomic E-state index is 0.149. The summed E-state index contributed by atoms with van der Waals surface area (Å²) >= 11 is 0. The summed E-state index contributed by atoms with van der Waals surface area (Å²) < 4.78 is 0. The molecule has 2 heteroatoms. The molecule has 0 radical (unpaired) electrons. The van der Waals surface area contributed by atoms with Crippen LogP contribution in [0.15, 0.2) is 30.6 Å². The molecule has 0 unspecified atom stereocenters. The molecule has 1 aromatic heterocycles. The van der Waals surface area contributed by atoms with Gasteiger partial charge in [0.15, 0.2) is 0 Å². The maximum atomic E-state index is 9.45. The van der Waals surface area contributed by atoms with Crippen LogP contribution in [0.5, 0.6) is 0 Å². The Kier molecular flexibility index (Phi) is 3.40. The fourth-order valence-electron chi connectivity index (χ4n) is 2.17. The smallest absolute Gasteiger partial charge is 0.0522 e. The molecular weight excluding hydrogens is 222 g/mol. The van der Waals surface area contributed by atoms with Crippen LogP contribution in [0.4, 0.5) is 0 Å². The van der Waals surface area contributed by atoms with E-state index in [9.17, 15) is 5.11 Å². The zero-order valence-electron chi connectivity index (χ0n) is 11.6. The van der Waals surface area contributed by atoms with Crippen LogP contribution in [0.1, 0.15) is 44.7 Å². The Morgan fingerprint density at radius 1 is 1.22 bits per heavy atom. The molecule has 1 heterocycles. The topological polar surface area (TPSA) is 33.1 Å². The van der Waals surface area contributed by atoms with E-state index in [2.05, 4.69) is 37.0 Å². The first kappa shape index (κ1) is 13.0. The molecule has 1 N–H and O–H groups in total. The predicted octanol–water partition coefficient (Wildman–Crippen LogP) is 3.63. The quantitative estimate of drug-likeness (QED) is 0.893. The van der Waals surface area contributed by atoms with Gasteiger partial charge in [0.25, 0.3) is 0 Å². The van der Waals surface area contributed by atoms with Crippen molar-refractivity contribution < 1.29 is 5.11 Å². The van der Waals surface area contributed by atoms with Crippen LogP contribution in [0.3, 0.4) is 0 Å². The first-order valence-corrected chi connectivity index (χ1v) is 6.44. The molecule has 0 aliphatic carbocycles. The van der Waals surface area contributed by atoms with Crippen LogP contribution >= 0.6 is 0 Å². The monoisotopic (exact) mass is 243 g/mol. The normalized spacial score (nSPS) is 12.3. The number of nitrogens with zero attached hydrogens (tertiary/aromatic N) is 1. The van der Waals surface area contributed by atoms with E-state index in [-0.39, 0.29) is 12.0 Å². The highest BCUT2D eigenvalue weighted by molar-refractivity contribution is 5.86. The third kappa shape index (κ3) is 2.25. The van der Waals surface area contributed by atoms with Crippen LogP contribution in [-0.4, -0.2) is 16.7 Å². The Morgan fingerprint density at radius 2 is 1.94 bits per heavy atom. The van der Waals surface area contributed by atoms with Gasteiger partial charge in [-0.1, -0.05) is 39.8 Å². The fourth-order valence-corrected chi connectivity index (χ4v) is 2.17. The minimum atomic E-state index is -0.206. The SMILES string of the molecule is CC(C)c1cncc2cc(C(C)(C)CO)ccc12. The Balaban J connectivity index is 2.61. The molecule has 0 saturated carbocycles. The molecule has 0 saturated heterocycles. The van der Waals surface area contributed by atoms with Crippen molar-refractivity contribution >= 4 is 10.8 Å². The highest BCUT2D eigenvalue weighted by Crippen LogP contribution is 2.29. The average Bonchev–Trinajstić information content (AvgIpc) is 2.37. The molecule has 96 valence electrons. The van der Waals surface area contributed by atoms with E-state index in [1.807, 2.05) is 26.2 Å². The number of hydrogen-bond acceptors (Lipinski definition) is 2. The molecule has 0 spiro atoms. The highest BCUT2D eigenvalue weighted by Gasteiger charge is 2.19. The number of hydrogen-bond donors (Lipinski definition) is 1. The summed E-state index contributed by atoms with van der Waals surface area (Å²) in [4.78, 5) is 4.32. The summed E-state index contributed by atoms with van der Waals surface area (Å²) in [5.41, 5.74) is 2.23. The van der Waals surface area contributed by atoms with Crippen LogP contribution in [0.25, 0.3) is 10.8 Å². The zero-order chi connectivity index (χ0) is 13.3. The number of aliphatic hydroxyl groups excluding tert-OH is 1. The molecule has 0 aliphatic heterocycles. The summed E-state index contributed by atoms with van der Waals surface area (Å²) in [5, 5.41) is 11.9. The van der Waals surface area contributed by atoms with E-state index in [1.54, 1.807) is 0 Å². The summed E-state index contributed by atoms with van der Waals surface area (Å²) in [7, 11) is 0. The summed E-state index contributed by atoms with van der Waals surface area (Å²) in [6, 6.07) is 6.41. The molecule has 0 aliphatic rings. The number of aromatic nitrogens is 1. The van der Waals surface area contributed by atoms with Crippen LogP contribution in [0, 0.1) is 0 Å². The first-order chi connectivity index (χ1) is 8.45. The maximum absolute atomic E-state index is 9.45. The van der Waals surface area contributed by atoms with E-state index in [0.717, 1.165) is 10.9 Å². The van der Waals surface area contributed by atoms with E-state index >= 15 is 0 Å². The van der Waals surface area contributed by atoms with Gasteiger partial charge in [0.05, 0.1) is 6.61 Å². The second kappa shape index (κ2) is 4.69. The van der Waals surface area contributed by atoms with Crippen molar-refractivity contribution in [1.82, 2.24) is 4.98 Å². The summed E-state index contributed by atoms with van der Waals surface area (Å²) in [5.74, 6) is 0.470.